The van der Waals surface area contributed by atoms with Gasteiger partial charge in [0.05, 0.1) is 0 Å². The van der Waals surface area contributed by atoms with Crippen molar-refractivity contribution >= 4 is 27.8 Å². The van der Waals surface area contributed by atoms with Crippen LogP contribution < -0.4 is 5.32 Å². The number of carbonyl (C=O) groups is 1. The molecule has 0 aliphatic heterocycles. The molecule has 3 aromatic rings. The number of aromatic nitrogens is 3. The van der Waals surface area contributed by atoms with Gasteiger partial charge in [-0.1, -0.05) is 0 Å². The molecule has 20 heavy (non-hydrogen) atoms. The highest BCUT2D eigenvalue weighted by Crippen LogP contribution is 2.28. The summed E-state index contributed by atoms with van der Waals surface area (Å²) < 4.78 is 0. The molecular weight excluding hydrogens is 252 g/mol. The van der Waals surface area contributed by atoms with Crippen LogP contribution >= 0.6 is 0 Å². The predicted molar refractivity (Wildman–Crippen MR) is 76.5 cm³/mol. The molecule has 5 nitrogen and oxygen atoms in total. The van der Waals surface area contributed by atoms with E-state index in [-0.39, 0.29) is 5.91 Å². The fraction of sp³-hybridized carbons (Fsp3) is 0.267. The summed E-state index contributed by atoms with van der Waals surface area (Å²) in [7, 11) is 0. The minimum Gasteiger partial charge on any atom is -0.352 e. The van der Waals surface area contributed by atoms with Crippen molar-refractivity contribution in [2.75, 3.05) is 6.54 Å². The lowest BCUT2D eigenvalue weighted by atomic mass is 10.1. The van der Waals surface area contributed by atoms with Gasteiger partial charge in [-0.15, -0.1) is 0 Å². The van der Waals surface area contributed by atoms with Crippen molar-refractivity contribution in [2.45, 2.75) is 12.8 Å². The number of nitrogens with zero attached hydrogens (tertiary/aromatic N) is 2. The number of fused-ring (bicyclic) bond motifs is 3. The highest BCUT2D eigenvalue weighted by Gasteiger charge is 2.22. The average Bonchev–Trinajstić information content (AvgIpc) is 3.24. The van der Waals surface area contributed by atoms with Gasteiger partial charge < -0.3 is 10.3 Å². The molecule has 4 rings (SSSR count). The van der Waals surface area contributed by atoms with Crippen LogP contribution in [0.5, 0.6) is 0 Å². The molecule has 2 N–H and O–H groups in total. The van der Waals surface area contributed by atoms with Gasteiger partial charge in [0, 0.05) is 34.6 Å². The first kappa shape index (κ1) is 11.4. The van der Waals surface area contributed by atoms with Crippen molar-refractivity contribution in [3.05, 3.63) is 36.3 Å². The number of aromatic amines is 1. The van der Waals surface area contributed by atoms with Crippen molar-refractivity contribution in [3.63, 3.8) is 0 Å². The lowest BCUT2D eigenvalue weighted by Gasteiger charge is -2.04. The number of hydrogen-bond donors (Lipinski definition) is 2. The van der Waals surface area contributed by atoms with E-state index in [2.05, 4.69) is 20.3 Å². The van der Waals surface area contributed by atoms with Crippen LogP contribution in [-0.4, -0.2) is 27.4 Å². The third-order valence-electron chi connectivity index (χ3n) is 3.79. The number of rotatable bonds is 3. The monoisotopic (exact) mass is 266 g/mol. The first-order valence-electron chi connectivity index (χ1n) is 6.81. The topological polar surface area (TPSA) is 70.7 Å². The number of benzene rings is 1. The van der Waals surface area contributed by atoms with E-state index in [0.717, 1.165) is 28.5 Å². The Morgan fingerprint density at radius 1 is 1.35 bits per heavy atom. The Bertz CT molecular complexity index is 804. The van der Waals surface area contributed by atoms with Crippen LogP contribution in [0.1, 0.15) is 23.2 Å². The number of nitrogens with one attached hydrogen (secondary N) is 2. The van der Waals surface area contributed by atoms with Crippen LogP contribution in [0.15, 0.2) is 30.7 Å². The van der Waals surface area contributed by atoms with E-state index in [4.69, 9.17) is 0 Å². The Hall–Kier alpha value is -2.43. The average molecular weight is 266 g/mol. The zero-order valence-electron chi connectivity index (χ0n) is 10.9. The van der Waals surface area contributed by atoms with Crippen LogP contribution in [0, 0.1) is 5.92 Å². The molecule has 0 bridgehead atoms. The van der Waals surface area contributed by atoms with Gasteiger partial charge in [0.15, 0.2) is 0 Å². The van der Waals surface area contributed by atoms with Gasteiger partial charge in [0.2, 0.25) is 0 Å². The van der Waals surface area contributed by atoms with Gasteiger partial charge in [-0.3, -0.25) is 4.79 Å². The molecule has 100 valence electrons. The summed E-state index contributed by atoms with van der Waals surface area (Å²) in [5.74, 6) is 0.675. The van der Waals surface area contributed by atoms with E-state index >= 15 is 0 Å². The standard InChI is InChI=1S/C15H14N4O/c20-15(17-6-9-1-2-9)10-3-4-13-11(5-10)12-7-16-8-18-14(12)19-13/h3-5,7-9H,1-2,6H2,(H,17,20)(H,16,18,19). The lowest BCUT2D eigenvalue weighted by molar-refractivity contribution is 0.0952. The molecule has 5 heteroatoms. The van der Waals surface area contributed by atoms with Crippen LogP contribution in [0.4, 0.5) is 0 Å². The smallest absolute Gasteiger partial charge is 0.251 e. The number of hydrogen-bond acceptors (Lipinski definition) is 3. The summed E-state index contributed by atoms with van der Waals surface area (Å²) in [4.78, 5) is 23.6. The lowest BCUT2D eigenvalue weighted by Crippen LogP contribution is -2.25. The fourth-order valence-electron chi connectivity index (χ4n) is 2.43. The second kappa shape index (κ2) is 4.30. The van der Waals surface area contributed by atoms with Crippen LogP contribution in [0.25, 0.3) is 21.9 Å². The molecule has 1 aliphatic carbocycles. The summed E-state index contributed by atoms with van der Waals surface area (Å²) in [5, 5.41) is 4.92. The Morgan fingerprint density at radius 2 is 2.25 bits per heavy atom. The molecule has 0 radical (unpaired) electrons. The molecule has 1 aromatic carbocycles. The Labute approximate surface area is 115 Å². The highest BCUT2D eigenvalue weighted by atomic mass is 16.1. The van der Waals surface area contributed by atoms with Gasteiger partial charge in [-0.25, -0.2) is 9.97 Å². The van der Waals surface area contributed by atoms with Gasteiger partial charge in [-0.2, -0.15) is 0 Å². The van der Waals surface area contributed by atoms with Crippen molar-refractivity contribution in [3.8, 4) is 0 Å². The van der Waals surface area contributed by atoms with Crippen molar-refractivity contribution in [2.24, 2.45) is 5.92 Å². The number of H-pyrrole nitrogens is 1. The normalized spacial score (nSPS) is 14.8. The maximum Gasteiger partial charge on any atom is 0.251 e. The summed E-state index contributed by atoms with van der Waals surface area (Å²) in [6.45, 7) is 0.786. The first-order valence-corrected chi connectivity index (χ1v) is 6.81. The Kier molecular flexibility index (Phi) is 2.45. The minimum absolute atomic E-state index is 0.00926. The second-order valence-corrected chi connectivity index (χ2v) is 5.32. The molecule has 0 unspecified atom stereocenters. The summed E-state index contributed by atoms with van der Waals surface area (Å²) in [6, 6.07) is 5.66. The molecule has 1 fully saturated rings. The third kappa shape index (κ3) is 1.91. The molecule has 2 aromatic heterocycles. The summed E-state index contributed by atoms with van der Waals surface area (Å²) in [5.41, 5.74) is 2.45. The van der Waals surface area contributed by atoms with E-state index in [1.165, 1.54) is 19.2 Å². The van der Waals surface area contributed by atoms with E-state index < -0.39 is 0 Å². The maximum atomic E-state index is 12.1. The molecule has 2 heterocycles. The molecule has 1 amide bonds. The van der Waals surface area contributed by atoms with Crippen molar-refractivity contribution in [1.82, 2.24) is 20.3 Å². The van der Waals surface area contributed by atoms with E-state index in [0.29, 0.717) is 11.5 Å². The predicted octanol–water partition coefficient (Wildman–Crippen LogP) is 2.25. The first-order chi connectivity index (χ1) is 9.81. The van der Waals surface area contributed by atoms with E-state index in [9.17, 15) is 4.79 Å². The quantitative estimate of drug-likeness (QED) is 0.763. The van der Waals surface area contributed by atoms with Crippen LogP contribution in [-0.2, 0) is 0 Å². The van der Waals surface area contributed by atoms with E-state index in [1.54, 1.807) is 6.20 Å². The zero-order valence-corrected chi connectivity index (χ0v) is 10.9. The van der Waals surface area contributed by atoms with Crippen LogP contribution in [0.2, 0.25) is 0 Å². The largest absolute Gasteiger partial charge is 0.352 e. The molecule has 0 saturated heterocycles. The Balaban J connectivity index is 1.72. The van der Waals surface area contributed by atoms with Crippen molar-refractivity contribution < 1.29 is 4.79 Å². The summed E-state index contributed by atoms with van der Waals surface area (Å²) >= 11 is 0. The maximum absolute atomic E-state index is 12.1. The number of carbonyl (C=O) groups excluding carboxylic acids is 1. The van der Waals surface area contributed by atoms with Gasteiger partial charge in [-0.05, 0) is 37.0 Å². The SMILES string of the molecule is O=C(NCC1CC1)c1ccc2[nH]c3ncncc3c2c1. The van der Waals surface area contributed by atoms with Gasteiger partial charge in [0.1, 0.15) is 12.0 Å². The Morgan fingerprint density at radius 3 is 3.10 bits per heavy atom. The molecule has 1 aliphatic rings. The van der Waals surface area contributed by atoms with Gasteiger partial charge >= 0.3 is 0 Å². The second-order valence-electron chi connectivity index (χ2n) is 5.32. The highest BCUT2D eigenvalue weighted by molar-refractivity contribution is 6.08. The summed E-state index contributed by atoms with van der Waals surface area (Å²) in [6.07, 6.45) is 5.76. The molecule has 1 saturated carbocycles. The minimum atomic E-state index is -0.00926. The fourth-order valence-corrected chi connectivity index (χ4v) is 2.43. The molecule has 0 spiro atoms. The zero-order chi connectivity index (χ0) is 13.5. The van der Waals surface area contributed by atoms with E-state index in [1.807, 2.05) is 18.2 Å². The third-order valence-corrected chi connectivity index (χ3v) is 3.79. The molecule has 0 atom stereocenters. The van der Waals surface area contributed by atoms with Gasteiger partial charge in [0.25, 0.3) is 5.91 Å². The molecular formula is C15H14N4O. The number of amides is 1. The van der Waals surface area contributed by atoms with Crippen molar-refractivity contribution in [1.29, 1.82) is 0 Å². The van der Waals surface area contributed by atoms with Crippen LogP contribution in [0.3, 0.4) is 0 Å².